The Bertz CT molecular complexity index is 2990. The maximum Gasteiger partial charge on any atom is 0.0715 e. The van der Waals surface area contributed by atoms with Crippen LogP contribution in [0, 0.1) is 6.92 Å². The van der Waals surface area contributed by atoms with E-state index in [1.807, 2.05) is 0 Å². The topological polar surface area (TPSA) is 8.17 Å². The van der Waals surface area contributed by atoms with Crippen molar-refractivity contribution in [1.29, 1.82) is 0 Å². The number of hydrogen-bond donors (Lipinski definition) is 0. The summed E-state index contributed by atoms with van der Waals surface area (Å²) in [6.07, 6.45) is 0. The lowest BCUT2D eigenvalue weighted by Gasteiger charge is -2.35. The molecule has 1 aliphatic rings. The van der Waals surface area contributed by atoms with Crippen LogP contribution < -0.4 is 4.90 Å². The average Bonchev–Trinajstić information content (AvgIpc) is 3.76. The number of aromatic nitrogens is 1. The predicted octanol–water partition coefficient (Wildman–Crippen LogP) is 14.1. The summed E-state index contributed by atoms with van der Waals surface area (Å²) in [5.74, 6) is 0. The van der Waals surface area contributed by atoms with Gasteiger partial charge in [-0.25, -0.2) is 0 Å². The van der Waals surface area contributed by atoms with Gasteiger partial charge in [-0.1, -0.05) is 164 Å². The third-order valence-corrected chi connectivity index (χ3v) is 12.0. The maximum atomic E-state index is 2.52. The summed E-state index contributed by atoms with van der Waals surface area (Å²) in [4.78, 5) is 2.42. The first kappa shape index (κ1) is 32.3. The van der Waals surface area contributed by atoms with E-state index in [4.69, 9.17) is 0 Å². The van der Waals surface area contributed by atoms with Crippen LogP contribution in [0.25, 0.3) is 49.4 Å². The Morgan fingerprint density at radius 1 is 0.411 bits per heavy atom. The highest BCUT2D eigenvalue weighted by atomic mass is 15.1. The molecular weight excluding hydrogens is 677 g/mol. The average molecular weight is 715 g/mol. The summed E-state index contributed by atoms with van der Waals surface area (Å²) in [5.41, 5.74) is 15.2. The molecule has 11 rings (SSSR count). The van der Waals surface area contributed by atoms with E-state index in [1.165, 1.54) is 82.9 Å². The summed E-state index contributed by atoms with van der Waals surface area (Å²) in [6, 6.07) is 78.2. The zero-order chi connectivity index (χ0) is 37.2. The number of benzene rings is 9. The van der Waals surface area contributed by atoms with Gasteiger partial charge in [0.05, 0.1) is 22.1 Å². The van der Waals surface area contributed by atoms with Gasteiger partial charge in [0.25, 0.3) is 0 Å². The van der Waals surface area contributed by atoms with Gasteiger partial charge in [0, 0.05) is 33.2 Å². The molecule has 0 amide bonds. The van der Waals surface area contributed by atoms with E-state index in [9.17, 15) is 0 Å². The van der Waals surface area contributed by atoms with Crippen molar-refractivity contribution in [1.82, 2.24) is 4.57 Å². The van der Waals surface area contributed by atoms with Crippen LogP contribution in [0.4, 0.5) is 17.1 Å². The van der Waals surface area contributed by atoms with Crippen molar-refractivity contribution in [3.8, 4) is 16.8 Å². The minimum atomic E-state index is -0.616. The van der Waals surface area contributed by atoms with Crippen LogP contribution in [-0.4, -0.2) is 4.57 Å². The van der Waals surface area contributed by atoms with E-state index in [2.05, 4.69) is 229 Å². The van der Waals surface area contributed by atoms with E-state index in [-0.39, 0.29) is 0 Å². The summed E-state index contributed by atoms with van der Waals surface area (Å²) in [7, 11) is 0. The molecule has 2 nitrogen and oxygen atoms in total. The first-order valence-corrected chi connectivity index (χ1v) is 19.4. The smallest absolute Gasteiger partial charge is 0.0715 e. The molecule has 56 heavy (non-hydrogen) atoms. The molecule has 0 N–H and O–H groups in total. The minimum absolute atomic E-state index is 0.616. The lowest BCUT2D eigenvalue weighted by Crippen LogP contribution is -2.29. The fourth-order valence-corrected chi connectivity index (χ4v) is 9.64. The lowest BCUT2D eigenvalue weighted by molar-refractivity contribution is 0.768. The molecule has 0 saturated heterocycles. The van der Waals surface area contributed by atoms with Crippen molar-refractivity contribution in [3.63, 3.8) is 0 Å². The molecule has 0 unspecified atom stereocenters. The third kappa shape index (κ3) is 4.63. The highest BCUT2D eigenvalue weighted by Crippen LogP contribution is 2.60. The van der Waals surface area contributed by atoms with E-state index in [1.54, 1.807) is 0 Å². The fraction of sp³-hybridized carbons (Fsp3) is 0.0370. The normalized spacial score (nSPS) is 12.9. The van der Waals surface area contributed by atoms with Gasteiger partial charge >= 0.3 is 0 Å². The second-order valence-corrected chi connectivity index (χ2v) is 14.9. The van der Waals surface area contributed by atoms with Crippen molar-refractivity contribution in [2.75, 3.05) is 4.90 Å². The van der Waals surface area contributed by atoms with Gasteiger partial charge in [0.1, 0.15) is 0 Å². The van der Waals surface area contributed by atoms with Crippen LogP contribution in [0.1, 0.15) is 27.8 Å². The van der Waals surface area contributed by atoms with Gasteiger partial charge in [-0.05, 0) is 99.8 Å². The van der Waals surface area contributed by atoms with Crippen molar-refractivity contribution in [2.45, 2.75) is 12.3 Å². The van der Waals surface area contributed by atoms with Crippen molar-refractivity contribution in [2.24, 2.45) is 0 Å². The van der Waals surface area contributed by atoms with Crippen LogP contribution in [0.2, 0.25) is 0 Å². The third-order valence-electron chi connectivity index (χ3n) is 12.0. The molecule has 9 aromatic carbocycles. The molecule has 0 fully saturated rings. The van der Waals surface area contributed by atoms with Crippen LogP contribution in [-0.2, 0) is 5.41 Å². The molecule has 0 radical (unpaired) electrons. The molecule has 1 aliphatic carbocycles. The Kier molecular flexibility index (Phi) is 7.33. The van der Waals surface area contributed by atoms with Crippen molar-refractivity contribution >= 4 is 49.6 Å². The van der Waals surface area contributed by atoms with Crippen LogP contribution in [0.5, 0.6) is 0 Å². The molecule has 264 valence electrons. The predicted molar refractivity (Wildman–Crippen MR) is 235 cm³/mol. The Hall–Kier alpha value is -7.16. The van der Waals surface area contributed by atoms with Gasteiger partial charge in [-0.3, -0.25) is 0 Å². The molecule has 0 atom stereocenters. The van der Waals surface area contributed by atoms with Gasteiger partial charge in [0.2, 0.25) is 0 Å². The Labute approximate surface area is 327 Å². The molecule has 2 heteroatoms. The number of fused-ring (bicyclic) bond motifs is 8. The highest BCUT2D eigenvalue weighted by molar-refractivity contribution is 6.13. The van der Waals surface area contributed by atoms with Crippen LogP contribution >= 0.6 is 0 Å². The monoisotopic (exact) mass is 714 g/mol. The quantitative estimate of drug-likeness (QED) is 0.166. The van der Waals surface area contributed by atoms with E-state index >= 15 is 0 Å². The van der Waals surface area contributed by atoms with Gasteiger partial charge in [0.15, 0.2) is 0 Å². The summed E-state index contributed by atoms with van der Waals surface area (Å²) < 4.78 is 2.50. The zero-order valence-corrected chi connectivity index (χ0v) is 31.1. The largest absolute Gasteiger partial charge is 0.310 e. The Balaban J connectivity index is 1.29. The molecule has 0 saturated carbocycles. The first-order chi connectivity index (χ1) is 27.7. The fourth-order valence-electron chi connectivity index (χ4n) is 9.64. The number of rotatable bonds is 6. The van der Waals surface area contributed by atoms with Gasteiger partial charge in [-0.15, -0.1) is 0 Å². The number of para-hydroxylation sites is 4. The summed E-state index contributed by atoms with van der Waals surface area (Å²) in [5, 5.41) is 5.00. The van der Waals surface area contributed by atoms with E-state index in [0.717, 1.165) is 11.4 Å². The second-order valence-electron chi connectivity index (χ2n) is 14.9. The lowest BCUT2D eigenvalue weighted by atomic mass is 9.67. The number of aryl methyl sites for hydroxylation is 1. The molecule has 1 aromatic heterocycles. The van der Waals surface area contributed by atoms with E-state index in [0.29, 0.717) is 0 Å². The summed E-state index contributed by atoms with van der Waals surface area (Å²) in [6.45, 7) is 2.20. The maximum absolute atomic E-state index is 2.52. The molecule has 0 bridgehead atoms. The molecule has 0 aliphatic heterocycles. The van der Waals surface area contributed by atoms with Gasteiger partial charge < -0.3 is 9.47 Å². The Morgan fingerprint density at radius 2 is 0.929 bits per heavy atom. The molecular formula is C54H38N2. The van der Waals surface area contributed by atoms with Crippen molar-refractivity contribution < 1.29 is 0 Å². The summed E-state index contributed by atoms with van der Waals surface area (Å²) >= 11 is 0. The number of nitrogens with zero attached hydrogens (tertiary/aromatic N) is 2. The Morgan fingerprint density at radius 3 is 1.55 bits per heavy atom. The van der Waals surface area contributed by atoms with Crippen LogP contribution in [0.3, 0.4) is 0 Å². The molecule has 10 aromatic rings. The van der Waals surface area contributed by atoms with Crippen LogP contribution in [0.15, 0.2) is 212 Å². The zero-order valence-electron chi connectivity index (χ0n) is 31.1. The SMILES string of the molecule is Cc1ccccc1N(c1ccccc1)c1ccc2c(c1)C(c1ccccc1)(c1ccccc1)c1cc(-n3c4ccccc4c4ccccc43)c3ccccc3c1-2. The second kappa shape index (κ2) is 12.7. The van der Waals surface area contributed by atoms with E-state index < -0.39 is 5.41 Å². The molecule has 0 spiro atoms. The standard InChI is InChI=1S/C54H38N2/c1-37-19-11-16-30-49(37)55(40-24-9-4-10-25-40)41-33-34-46-47(35-41)54(38-20-5-2-6-21-38,39-22-7-3-8-23-39)48-36-52(44-28-12-13-29-45(44)53(46)48)56-50-31-17-14-26-42(50)43-27-15-18-32-51(43)56/h2-36H,1H3. The highest BCUT2D eigenvalue weighted by Gasteiger charge is 2.47. The number of hydrogen-bond acceptors (Lipinski definition) is 1. The first-order valence-electron chi connectivity index (χ1n) is 19.4. The minimum Gasteiger partial charge on any atom is -0.310 e. The molecule has 1 heterocycles. The van der Waals surface area contributed by atoms with Crippen molar-refractivity contribution in [3.05, 3.63) is 240 Å². The van der Waals surface area contributed by atoms with Gasteiger partial charge in [-0.2, -0.15) is 0 Å². The number of anilines is 3.